The van der Waals surface area contributed by atoms with Crippen molar-refractivity contribution in [1.82, 2.24) is 9.78 Å². The molecule has 0 amide bonds. The van der Waals surface area contributed by atoms with Crippen LogP contribution in [0.15, 0.2) is 12.3 Å². The summed E-state index contributed by atoms with van der Waals surface area (Å²) in [5.41, 5.74) is 0. The number of aryl methyl sites for hydroxylation is 1. The molecule has 2 nitrogen and oxygen atoms in total. The van der Waals surface area contributed by atoms with Crippen molar-refractivity contribution >= 4 is 22.6 Å². The number of aromatic nitrogens is 2. The Balaban J connectivity index is 2.42. The molecule has 0 saturated carbocycles. The van der Waals surface area contributed by atoms with Crippen LogP contribution in [0.4, 0.5) is 0 Å². The molecule has 0 atom stereocenters. The van der Waals surface area contributed by atoms with Crippen LogP contribution in [0, 0.1) is 3.70 Å². The van der Waals surface area contributed by atoms with Gasteiger partial charge in [-0.05, 0) is 35.1 Å². The van der Waals surface area contributed by atoms with Gasteiger partial charge in [-0.1, -0.05) is 13.3 Å². The van der Waals surface area contributed by atoms with Crippen molar-refractivity contribution in [3.05, 3.63) is 16.0 Å². The van der Waals surface area contributed by atoms with Gasteiger partial charge in [0.2, 0.25) is 0 Å². The third-order valence-electron chi connectivity index (χ3n) is 1.35. The molecule has 0 radical (unpaired) electrons. The van der Waals surface area contributed by atoms with Crippen molar-refractivity contribution in [3.8, 4) is 0 Å². The van der Waals surface area contributed by atoms with Crippen molar-refractivity contribution in [2.24, 2.45) is 0 Å². The summed E-state index contributed by atoms with van der Waals surface area (Å²) in [4.78, 5) is 0. The highest BCUT2D eigenvalue weighted by Gasteiger charge is 1.91. The van der Waals surface area contributed by atoms with E-state index in [9.17, 15) is 0 Å². The Kier molecular flexibility index (Phi) is 3.18. The number of hydrogen-bond acceptors (Lipinski definition) is 1. The van der Waals surface area contributed by atoms with E-state index in [0.717, 1.165) is 10.2 Å². The summed E-state index contributed by atoms with van der Waals surface area (Å²) >= 11 is 2.22. The SMILES string of the molecule is CCCCn1ccc(I)n1. The van der Waals surface area contributed by atoms with Gasteiger partial charge in [0.25, 0.3) is 0 Å². The molecule has 1 aromatic heterocycles. The fourth-order valence-electron chi connectivity index (χ4n) is 0.782. The molecule has 0 unspecified atom stereocenters. The van der Waals surface area contributed by atoms with Crippen molar-refractivity contribution in [2.45, 2.75) is 26.3 Å². The Morgan fingerprint density at radius 2 is 2.50 bits per heavy atom. The van der Waals surface area contributed by atoms with Crippen LogP contribution >= 0.6 is 22.6 Å². The van der Waals surface area contributed by atoms with E-state index in [-0.39, 0.29) is 0 Å². The summed E-state index contributed by atoms with van der Waals surface area (Å²) in [7, 11) is 0. The highest BCUT2D eigenvalue weighted by Crippen LogP contribution is 2.00. The van der Waals surface area contributed by atoms with Gasteiger partial charge in [0.15, 0.2) is 0 Å². The summed E-state index contributed by atoms with van der Waals surface area (Å²) in [6.45, 7) is 3.24. The predicted octanol–water partition coefficient (Wildman–Crippen LogP) is 2.29. The van der Waals surface area contributed by atoms with Gasteiger partial charge in [-0.25, -0.2) is 0 Å². The molecule has 10 heavy (non-hydrogen) atoms. The zero-order chi connectivity index (χ0) is 7.40. The molecule has 0 fully saturated rings. The average Bonchev–Trinajstić information content (AvgIpc) is 2.31. The van der Waals surface area contributed by atoms with E-state index in [4.69, 9.17) is 0 Å². The van der Waals surface area contributed by atoms with Crippen LogP contribution < -0.4 is 0 Å². The van der Waals surface area contributed by atoms with Crippen LogP contribution in [0.3, 0.4) is 0 Å². The predicted molar refractivity (Wildman–Crippen MR) is 49.9 cm³/mol. The van der Waals surface area contributed by atoms with Crippen LogP contribution in [0.1, 0.15) is 19.8 Å². The largest absolute Gasteiger partial charge is 0.272 e. The van der Waals surface area contributed by atoms with E-state index in [0.29, 0.717) is 0 Å². The second kappa shape index (κ2) is 3.95. The lowest BCUT2D eigenvalue weighted by Gasteiger charge is -1.96. The van der Waals surface area contributed by atoms with E-state index < -0.39 is 0 Å². The van der Waals surface area contributed by atoms with Gasteiger partial charge >= 0.3 is 0 Å². The highest BCUT2D eigenvalue weighted by molar-refractivity contribution is 14.1. The minimum absolute atomic E-state index is 1.06. The zero-order valence-corrected chi connectivity index (χ0v) is 8.21. The Morgan fingerprint density at radius 1 is 1.70 bits per heavy atom. The van der Waals surface area contributed by atoms with Gasteiger partial charge in [0.05, 0.1) is 0 Å². The summed E-state index contributed by atoms with van der Waals surface area (Å²) in [6.07, 6.45) is 4.48. The molecular formula is C7H11IN2. The van der Waals surface area contributed by atoms with Crippen molar-refractivity contribution in [1.29, 1.82) is 0 Å². The zero-order valence-electron chi connectivity index (χ0n) is 6.05. The summed E-state index contributed by atoms with van der Waals surface area (Å²) in [6, 6.07) is 2.02. The Morgan fingerprint density at radius 3 is 3.00 bits per heavy atom. The number of nitrogens with zero attached hydrogens (tertiary/aromatic N) is 2. The van der Waals surface area contributed by atoms with Crippen LogP contribution in [0.2, 0.25) is 0 Å². The Hall–Kier alpha value is -0.0600. The molecule has 0 N–H and O–H groups in total. The fraction of sp³-hybridized carbons (Fsp3) is 0.571. The van der Waals surface area contributed by atoms with E-state index in [1.807, 2.05) is 16.9 Å². The van der Waals surface area contributed by atoms with Crippen LogP contribution in [-0.4, -0.2) is 9.78 Å². The van der Waals surface area contributed by atoms with Crippen molar-refractivity contribution < 1.29 is 0 Å². The first-order valence-electron chi connectivity index (χ1n) is 3.52. The van der Waals surface area contributed by atoms with Gasteiger partial charge in [0.1, 0.15) is 3.70 Å². The van der Waals surface area contributed by atoms with Gasteiger partial charge in [-0.3, -0.25) is 4.68 Å². The summed E-state index contributed by atoms with van der Waals surface area (Å²) < 4.78 is 3.07. The maximum atomic E-state index is 4.25. The van der Waals surface area contributed by atoms with Gasteiger partial charge in [0, 0.05) is 12.7 Å². The van der Waals surface area contributed by atoms with E-state index in [2.05, 4.69) is 34.6 Å². The lowest BCUT2D eigenvalue weighted by Crippen LogP contribution is -1.97. The molecule has 0 aliphatic rings. The topological polar surface area (TPSA) is 17.8 Å². The van der Waals surface area contributed by atoms with Crippen LogP contribution in [0.5, 0.6) is 0 Å². The van der Waals surface area contributed by atoms with Gasteiger partial charge in [-0.15, -0.1) is 0 Å². The van der Waals surface area contributed by atoms with Crippen molar-refractivity contribution in [2.75, 3.05) is 0 Å². The van der Waals surface area contributed by atoms with E-state index in [1.54, 1.807) is 0 Å². The van der Waals surface area contributed by atoms with Gasteiger partial charge < -0.3 is 0 Å². The fourth-order valence-corrected chi connectivity index (χ4v) is 1.22. The molecule has 3 heteroatoms. The smallest absolute Gasteiger partial charge is 0.123 e. The molecule has 0 saturated heterocycles. The molecule has 56 valence electrons. The number of halogens is 1. The highest BCUT2D eigenvalue weighted by atomic mass is 127. The average molecular weight is 250 g/mol. The molecule has 0 aliphatic heterocycles. The monoisotopic (exact) mass is 250 g/mol. The molecule has 0 bridgehead atoms. The van der Waals surface area contributed by atoms with Gasteiger partial charge in [-0.2, -0.15) is 5.10 Å². The molecule has 1 rings (SSSR count). The van der Waals surface area contributed by atoms with Crippen LogP contribution in [-0.2, 0) is 6.54 Å². The maximum absolute atomic E-state index is 4.25. The molecule has 1 heterocycles. The first kappa shape index (κ1) is 8.04. The molecule has 0 spiro atoms. The maximum Gasteiger partial charge on any atom is 0.123 e. The lowest BCUT2D eigenvalue weighted by molar-refractivity contribution is 0.569. The third-order valence-corrected chi connectivity index (χ3v) is 1.92. The quantitative estimate of drug-likeness (QED) is 0.752. The molecule has 0 aromatic carbocycles. The third kappa shape index (κ3) is 2.28. The lowest BCUT2D eigenvalue weighted by atomic mass is 10.3. The minimum atomic E-state index is 1.06. The molecule has 1 aromatic rings. The Bertz CT molecular complexity index is 195. The first-order valence-corrected chi connectivity index (χ1v) is 4.59. The normalized spacial score (nSPS) is 10.2. The second-order valence-corrected chi connectivity index (χ2v) is 3.36. The van der Waals surface area contributed by atoms with Crippen LogP contribution in [0.25, 0.3) is 0 Å². The standard InChI is InChI=1S/C7H11IN2/c1-2-3-5-10-6-4-7(8)9-10/h4,6H,2-3,5H2,1H3. The Labute approximate surface area is 74.8 Å². The second-order valence-electron chi connectivity index (χ2n) is 2.26. The number of hydrogen-bond donors (Lipinski definition) is 0. The van der Waals surface area contributed by atoms with Crippen molar-refractivity contribution in [3.63, 3.8) is 0 Å². The number of unbranched alkanes of at least 4 members (excludes halogenated alkanes) is 1. The minimum Gasteiger partial charge on any atom is -0.272 e. The van der Waals surface area contributed by atoms with E-state index in [1.165, 1.54) is 12.8 Å². The molecule has 0 aliphatic carbocycles. The molecular weight excluding hydrogens is 239 g/mol. The summed E-state index contributed by atoms with van der Waals surface area (Å²) in [5.74, 6) is 0. The first-order chi connectivity index (χ1) is 4.83. The number of rotatable bonds is 3. The van der Waals surface area contributed by atoms with E-state index >= 15 is 0 Å². The summed E-state index contributed by atoms with van der Waals surface area (Å²) in [5, 5.41) is 4.25.